The number of pyridine rings is 1. The van der Waals surface area contributed by atoms with E-state index in [9.17, 15) is 14.3 Å². The van der Waals surface area contributed by atoms with Crippen LogP contribution in [-0.4, -0.2) is 26.9 Å². The number of hydrogen-bond donors (Lipinski definition) is 2. The lowest BCUT2D eigenvalue weighted by molar-refractivity contribution is -0.123. The highest BCUT2D eigenvalue weighted by Gasteiger charge is 2.13. The second-order valence-electron chi connectivity index (χ2n) is 6.03. The molecule has 3 aromatic rings. The first kappa shape index (κ1) is 17.1. The van der Waals surface area contributed by atoms with E-state index in [0.29, 0.717) is 18.5 Å². The average molecular weight is 341 g/mol. The van der Waals surface area contributed by atoms with Gasteiger partial charge < -0.3 is 14.8 Å². The molecule has 3 rings (SSSR count). The quantitative estimate of drug-likeness (QED) is 0.724. The Morgan fingerprint density at radius 2 is 2.20 bits per heavy atom. The molecule has 0 saturated heterocycles. The predicted molar refractivity (Wildman–Crippen MR) is 92.6 cm³/mol. The van der Waals surface area contributed by atoms with Gasteiger partial charge in [-0.25, -0.2) is 9.37 Å². The lowest BCUT2D eigenvalue weighted by atomic mass is 10.1. The Hall–Kier alpha value is -2.73. The summed E-state index contributed by atoms with van der Waals surface area (Å²) < 4.78 is 15.1. The lowest BCUT2D eigenvalue weighted by Crippen LogP contribution is -2.27. The number of imidazole rings is 1. The van der Waals surface area contributed by atoms with Gasteiger partial charge in [-0.15, -0.1) is 0 Å². The molecule has 0 saturated carbocycles. The van der Waals surface area contributed by atoms with E-state index in [4.69, 9.17) is 0 Å². The minimum Gasteiger partial charge on any atom is -0.388 e. The normalized spacial score (nSPS) is 12.3. The molecule has 2 heterocycles. The molecule has 0 spiro atoms. The number of fused-ring (bicyclic) bond motifs is 1. The van der Waals surface area contributed by atoms with Crippen molar-refractivity contribution in [2.45, 2.75) is 25.9 Å². The van der Waals surface area contributed by atoms with Crippen molar-refractivity contribution in [3.8, 4) is 0 Å². The van der Waals surface area contributed by atoms with Crippen molar-refractivity contribution in [3.63, 3.8) is 0 Å². The topological polar surface area (TPSA) is 66.6 Å². The number of hydrogen-bond acceptors (Lipinski definition) is 3. The fourth-order valence-electron chi connectivity index (χ4n) is 2.73. The highest BCUT2D eigenvalue weighted by atomic mass is 19.1. The van der Waals surface area contributed by atoms with Crippen molar-refractivity contribution in [1.29, 1.82) is 0 Å². The first-order chi connectivity index (χ1) is 12.0. The number of amides is 1. The first-order valence-electron chi connectivity index (χ1n) is 8.16. The molecule has 130 valence electrons. The standard InChI is InChI=1S/C19H20FN3O2/c1-13-4-3-9-23-12-16(22-19(13)23)7-8-21-18(25)11-17(24)14-5-2-6-15(20)10-14/h2-6,9-10,12,17,24H,7-8,11H2,1H3,(H,21,25)/t17-/m0/s1. The first-order valence-corrected chi connectivity index (χ1v) is 8.16. The number of benzene rings is 1. The summed E-state index contributed by atoms with van der Waals surface area (Å²) >= 11 is 0. The SMILES string of the molecule is Cc1cccn2cc(CCNC(=O)C[C@H](O)c3cccc(F)c3)nc12. The molecule has 0 unspecified atom stereocenters. The van der Waals surface area contributed by atoms with E-state index in [1.54, 1.807) is 6.07 Å². The number of aryl methyl sites for hydroxylation is 1. The average Bonchev–Trinajstić information content (AvgIpc) is 2.99. The highest BCUT2D eigenvalue weighted by molar-refractivity contribution is 5.76. The van der Waals surface area contributed by atoms with Crippen LogP contribution in [0.1, 0.15) is 29.3 Å². The summed E-state index contributed by atoms with van der Waals surface area (Å²) in [6.45, 7) is 2.43. The van der Waals surface area contributed by atoms with E-state index >= 15 is 0 Å². The van der Waals surface area contributed by atoms with E-state index < -0.39 is 11.9 Å². The van der Waals surface area contributed by atoms with E-state index in [1.165, 1.54) is 18.2 Å². The Morgan fingerprint density at radius 1 is 1.36 bits per heavy atom. The molecule has 5 nitrogen and oxygen atoms in total. The maximum absolute atomic E-state index is 13.2. The highest BCUT2D eigenvalue weighted by Crippen LogP contribution is 2.17. The number of aliphatic hydroxyl groups is 1. The molecule has 2 aromatic heterocycles. The summed E-state index contributed by atoms with van der Waals surface area (Å²) in [6.07, 6.45) is 3.35. The molecule has 0 radical (unpaired) electrons. The van der Waals surface area contributed by atoms with Crippen LogP contribution in [0.3, 0.4) is 0 Å². The van der Waals surface area contributed by atoms with Gasteiger partial charge in [0, 0.05) is 25.4 Å². The monoisotopic (exact) mass is 341 g/mol. The van der Waals surface area contributed by atoms with Crippen molar-refractivity contribution in [3.05, 3.63) is 71.4 Å². The van der Waals surface area contributed by atoms with Crippen LogP contribution in [0, 0.1) is 12.7 Å². The minimum atomic E-state index is -1.02. The number of carbonyl (C=O) groups is 1. The molecule has 1 aromatic carbocycles. The molecule has 2 N–H and O–H groups in total. The second-order valence-corrected chi connectivity index (χ2v) is 6.03. The summed E-state index contributed by atoms with van der Waals surface area (Å²) in [4.78, 5) is 16.5. The smallest absolute Gasteiger partial charge is 0.222 e. The number of nitrogens with one attached hydrogen (secondary N) is 1. The van der Waals surface area contributed by atoms with Gasteiger partial charge in [0.1, 0.15) is 11.5 Å². The van der Waals surface area contributed by atoms with Crippen LogP contribution in [0.25, 0.3) is 5.65 Å². The zero-order valence-electron chi connectivity index (χ0n) is 13.9. The summed E-state index contributed by atoms with van der Waals surface area (Å²) in [7, 11) is 0. The maximum atomic E-state index is 13.2. The zero-order valence-corrected chi connectivity index (χ0v) is 13.9. The van der Waals surface area contributed by atoms with Crippen molar-refractivity contribution in [2.24, 2.45) is 0 Å². The Kier molecular flexibility index (Phi) is 5.09. The number of nitrogens with zero attached hydrogens (tertiary/aromatic N) is 2. The van der Waals surface area contributed by atoms with Crippen molar-refractivity contribution in [2.75, 3.05) is 6.54 Å². The van der Waals surface area contributed by atoms with Gasteiger partial charge >= 0.3 is 0 Å². The van der Waals surface area contributed by atoms with Gasteiger partial charge in [-0.05, 0) is 36.2 Å². The number of aliphatic hydroxyl groups excluding tert-OH is 1. The maximum Gasteiger partial charge on any atom is 0.222 e. The zero-order chi connectivity index (χ0) is 17.8. The van der Waals surface area contributed by atoms with E-state index in [-0.39, 0.29) is 12.3 Å². The Morgan fingerprint density at radius 3 is 2.96 bits per heavy atom. The van der Waals surface area contributed by atoms with Crippen LogP contribution < -0.4 is 5.32 Å². The van der Waals surface area contributed by atoms with Crippen LogP contribution in [0.2, 0.25) is 0 Å². The fourth-order valence-corrected chi connectivity index (χ4v) is 2.73. The van der Waals surface area contributed by atoms with Gasteiger partial charge in [0.2, 0.25) is 5.91 Å². The summed E-state index contributed by atoms with van der Waals surface area (Å²) in [5.74, 6) is -0.712. The number of carbonyl (C=O) groups excluding carboxylic acids is 1. The molecule has 0 aliphatic heterocycles. The molecule has 0 bridgehead atoms. The van der Waals surface area contributed by atoms with Crippen molar-refractivity contribution < 1.29 is 14.3 Å². The second kappa shape index (κ2) is 7.44. The van der Waals surface area contributed by atoms with Crippen LogP contribution in [-0.2, 0) is 11.2 Å². The molecule has 0 fully saturated rings. The predicted octanol–water partition coefficient (Wildman–Crippen LogP) is 2.56. The van der Waals surface area contributed by atoms with Crippen molar-refractivity contribution in [1.82, 2.24) is 14.7 Å². The summed E-state index contributed by atoms with van der Waals surface area (Å²) in [5, 5.41) is 12.8. The fraction of sp³-hybridized carbons (Fsp3) is 0.263. The third-order valence-electron chi connectivity index (χ3n) is 4.04. The Labute approximate surface area is 145 Å². The lowest BCUT2D eigenvalue weighted by Gasteiger charge is -2.11. The Bertz CT molecular complexity index is 891. The van der Waals surface area contributed by atoms with Gasteiger partial charge in [-0.3, -0.25) is 4.79 Å². The van der Waals surface area contributed by atoms with Gasteiger partial charge in [0.25, 0.3) is 0 Å². The van der Waals surface area contributed by atoms with Crippen LogP contribution in [0.5, 0.6) is 0 Å². The molecule has 1 atom stereocenters. The van der Waals surface area contributed by atoms with Gasteiger partial charge in [0.05, 0.1) is 18.2 Å². The van der Waals surface area contributed by atoms with Crippen LogP contribution >= 0.6 is 0 Å². The van der Waals surface area contributed by atoms with Gasteiger partial charge in [-0.1, -0.05) is 18.2 Å². The van der Waals surface area contributed by atoms with Crippen LogP contribution in [0.15, 0.2) is 48.8 Å². The molecular formula is C19H20FN3O2. The molecule has 6 heteroatoms. The number of aromatic nitrogens is 2. The summed E-state index contributed by atoms with van der Waals surface area (Å²) in [6, 6.07) is 9.60. The largest absolute Gasteiger partial charge is 0.388 e. The Balaban J connectivity index is 1.51. The van der Waals surface area contributed by atoms with Gasteiger partial charge in [-0.2, -0.15) is 0 Å². The molecule has 0 aliphatic rings. The van der Waals surface area contributed by atoms with E-state index in [2.05, 4.69) is 10.3 Å². The third kappa shape index (κ3) is 4.22. The molecular weight excluding hydrogens is 321 g/mol. The summed E-state index contributed by atoms with van der Waals surface area (Å²) in [5.41, 5.74) is 3.28. The molecule has 0 aliphatic carbocycles. The van der Waals surface area contributed by atoms with E-state index in [0.717, 1.165) is 16.9 Å². The van der Waals surface area contributed by atoms with Gasteiger partial charge in [0.15, 0.2) is 0 Å². The van der Waals surface area contributed by atoms with Crippen LogP contribution in [0.4, 0.5) is 4.39 Å². The number of halogens is 1. The molecule has 25 heavy (non-hydrogen) atoms. The number of rotatable bonds is 6. The third-order valence-corrected chi connectivity index (χ3v) is 4.04. The van der Waals surface area contributed by atoms with Crippen molar-refractivity contribution >= 4 is 11.6 Å². The molecule has 1 amide bonds. The minimum absolute atomic E-state index is 0.103. The van der Waals surface area contributed by atoms with E-state index in [1.807, 2.05) is 35.9 Å².